The number of nitrogens with zero attached hydrogens (tertiary/aromatic N) is 3. The van der Waals surface area contributed by atoms with E-state index in [0.717, 1.165) is 22.6 Å². The SMILES string of the molecule is COc1ccc(Cl)cc1N(C)C(=O)c1nn(C)c2c1COc1ccccc1-2. The summed E-state index contributed by atoms with van der Waals surface area (Å²) in [5.41, 5.74) is 3.52. The lowest BCUT2D eigenvalue weighted by Gasteiger charge is -2.21. The Morgan fingerprint density at radius 2 is 2.07 bits per heavy atom. The number of aromatic nitrogens is 2. The van der Waals surface area contributed by atoms with Crippen LogP contribution in [-0.4, -0.2) is 29.8 Å². The molecule has 3 aromatic rings. The first-order valence-electron chi connectivity index (χ1n) is 8.41. The highest BCUT2D eigenvalue weighted by Gasteiger charge is 2.30. The number of hydrogen-bond donors (Lipinski definition) is 0. The maximum absolute atomic E-state index is 13.2. The van der Waals surface area contributed by atoms with Crippen molar-refractivity contribution in [1.82, 2.24) is 9.78 Å². The zero-order valence-corrected chi connectivity index (χ0v) is 15.9. The van der Waals surface area contributed by atoms with Gasteiger partial charge in [-0.25, -0.2) is 0 Å². The summed E-state index contributed by atoms with van der Waals surface area (Å²) in [5.74, 6) is 1.09. The topological polar surface area (TPSA) is 56.6 Å². The summed E-state index contributed by atoms with van der Waals surface area (Å²) in [6, 6.07) is 12.9. The summed E-state index contributed by atoms with van der Waals surface area (Å²) in [5, 5.41) is 5.01. The zero-order valence-electron chi connectivity index (χ0n) is 15.2. The van der Waals surface area contributed by atoms with Gasteiger partial charge in [0.15, 0.2) is 5.69 Å². The number of amides is 1. The third-order valence-corrected chi connectivity index (χ3v) is 4.90. The molecule has 0 unspecified atom stereocenters. The van der Waals surface area contributed by atoms with E-state index in [2.05, 4.69) is 5.10 Å². The highest BCUT2D eigenvalue weighted by atomic mass is 35.5. The van der Waals surface area contributed by atoms with Crippen LogP contribution in [0.3, 0.4) is 0 Å². The molecule has 7 heteroatoms. The second-order valence-corrected chi connectivity index (χ2v) is 6.70. The first-order chi connectivity index (χ1) is 13.0. The molecule has 0 saturated heterocycles. The van der Waals surface area contributed by atoms with Gasteiger partial charge in [-0.2, -0.15) is 5.10 Å². The molecule has 0 radical (unpaired) electrons. The van der Waals surface area contributed by atoms with Crippen molar-refractivity contribution in [3.8, 4) is 22.8 Å². The Hall–Kier alpha value is -2.99. The molecule has 6 nitrogen and oxygen atoms in total. The molecule has 27 heavy (non-hydrogen) atoms. The molecule has 1 amide bonds. The van der Waals surface area contributed by atoms with Crippen LogP contribution in [0.15, 0.2) is 42.5 Å². The van der Waals surface area contributed by atoms with Crippen LogP contribution in [0.25, 0.3) is 11.3 Å². The first-order valence-corrected chi connectivity index (χ1v) is 8.78. The zero-order chi connectivity index (χ0) is 19.1. The average molecular weight is 384 g/mol. The molecule has 0 atom stereocenters. The normalized spacial score (nSPS) is 12.0. The molecule has 0 spiro atoms. The number of carbonyl (C=O) groups is 1. The summed E-state index contributed by atoms with van der Waals surface area (Å²) < 4.78 is 12.9. The number of methoxy groups -OCH3 is 1. The molecule has 0 bridgehead atoms. The van der Waals surface area contributed by atoms with Gasteiger partial charge in [-0.15, -0.1) is 0 Å². The summed E-state index contributed by atoms with van der Waals surface area (Å²) in [7, 11) is 5.06. The van der Waals surface area contributed by atoms with Crippen LogP contribution in [0.5, 0.6) is 11.5 Å². The molecule has 1 aliphatic heterocycles. The van der Waals surface area contributed by atoms with Crippen LogP contribution in [-0.2, 0) is 13.7 Å². The number of hydrogen-bond acceptors (Lipinski definition) is 4. The van der Waals surface area contributed by atoms with Crippen molar-refractivity contribution < 1.29 is 14.3 Å². The van der Waals surface area contributed by atoms with E-state index in [1.807, 2.05) is 31.3 Å². The van der Waals surface area contributed by atoms with Gasteiger partial charge in [0.1, 0.15) is 18.1 Å². The predicted octanol–water partition coefficient (Wildman–Crippen LogP) is 3.92. The van der Waals surface area contributed by atoms with Crippen molar-refractivity contribution >= 4 is 23.2 Å². The maximum atomic E-state index is 13.2. The van der Waals surface area contributed by atoms with Gasteiger partial charge in [0, 0.05) is 30.2 Å². The molecule has 4 rings (SSSR count). The number of halogens is 1. The summed E-state index contributed by atoms with van der Waals surface area (Å²) in [6.07, 6.45) is 0. The lowest BCUT2D eigenvalue weighted by Crippen LogP contribution is -2.28. The van der Waals surface area contributed by atoms with Crippen LogP contribution in [0.2, 0.25) is 5.02 Å². The fourth-order valence-corrected chi connectivity index (χ4v) is 3.51. The number of benzene rings is 2. The van der Waals surface area contributed by atoms with Gasteiger partial charge < -0.3 is 14.4 Å². The van der Waals surface area contributed by atoms with E-state index in [1.165, 1.54) is 4.90 Å². The molecule has 1 aromatic heterocycles. The van der Waals surface area contributed by atoms with Gasteiger partial charge >= 0.3 is 0 Å². The van der Waals surface area contributed by atoms with Gasteiger partial charge in [0.25, 0.3) is 5.91 Å². The molecular formula is C20H18ClN3O3. The molecule has 0 N–H and O–H groups in total. The van der Waals surface area contributed by atoms with Gasteiger partial charge in [0.2, 0.25) is 0 Å². The highest BCUT2D eigenvalue weighted by Crippen LogP contribution is 2.39. The van der Waals surface area contributed by atoms with Crippen LogP contribution in [0.1, 0.15) is 16.1 Å². The predicted molar refractivity (Wildman–Crippen MR) is 104 cm³/mol. The number of ether oxygens (including phenoxy) is 2. The first kappa shape index (κ1) is 17.4. The second kappa shape index (κ2) is 6.63. The molecule has 0 fully saturated rings. The van der Waals surface area contributed by atoms with Gasteiger partial charge in [-0.1, -0.05) is 23.7 Å². The van der Waals surface area contributed by atoms with Crippen molar-refractivity contribution in [3.63, 3.8) is 0 Å². The van der Waals surface area contributed by atoms with E-state index >= 15 is 0 Å². The standard InChI is InChI=1S/C20H18ClN3O3/c1-23(15-10-12(21)8-9-17(15)26-3)20(25)18-14-11-27-16-7-5-4-6-13(16)19(14)24(2)22-18/h4-10H,11H2,1-3H3. The van der Waals surface area contributed by atoms with E-state index in [1.54, 1.807) is 37.0 Å². The summed E-state index contributed by atoms with van der Waals surface area (Å²) in [4.78, 5) is 14.7. The minimum Gasteiger partial charge on any atom is -0.495 e. The molecule has 0 aliphatic carbocycles. The molecule has 1 aliphatic rings. The monoisotopic (exact) mass is 383 g/mol. The number of fused-ring (bicyclic) bond motifs is 3. The lowest BCUT2D eigenvalue weighted by atomic mass is 10.0. The Kier molecular flexibility index (Phi) is 4.28. The quantitative estimate of drug-likeness (QED) is 0.688. The Morgan fingerprint density at radius 3 is 2.85 bits per heavy atom. The fourth-order valence-electron chi connectivity index (χ4n) is 3.34. The van der Waals surface area contributed by atoms with Crippen molar-refractivity contribution in [1.29, 1.82) is 0 Å². The largest absolute Gasteiger partial charge is 0.495 e. The van der Waals surface area contributed by atoms with Gasteiger partial charge in [0.05, 0.1) is 18.5 Å². The Labute approximate surface area is 161 Å². The number of anilines is 1. The molecule has 138 valence electrons. The average Bonchev–Trinajstić information content (AvgIpc) is 3.04. The number of para-hydroxylation sites is 1. The van der Waals surface area contributed by atoms with E-state index in [-0.39, 0.29) is 5.91 Å². The van der Waals surface area contributed by atoms with Crippen molar-refractivity contribution in [2.24, 2.45) is 7.05 Å². The second-order valence-electron chi connectivity index (χ2n) is 6.26. The Balaban J connectivity index is 1.78. The van der Waals surface area contributed by atoms with E-state index in [4.69, 9.17) is 21.1 Å². The maximum Gasteiger partial charge on any atom is 0.279 e. The third-order valence-electron chi connectivity index (χ3n) is 4.67. The molecule has 2 heterocycles. The van der Waals surface area contributed by atoms with E-state index in [9.17, 15) is 4.79 Å². The van der Waals surface area contributed by atoms with E-state index < -0.39 is 0 Å². The van der Waals surface area contributed by atoms with Crippen LogP contribution >= 0.6 is 11.6 Å². The summed E-state index contributed by atoms with van der Waals surface area (Å²) >= 11 is 6.11. The van der Waals surface area contributed by atoms with Crippen LogP contribution in [0.4, 0.5) is 5.69 Å². The van der Waals surface area contributed by atoms with Crippen molar-refractivity contribution in [2.75, 3.05) is 19.1 Å². The number of rotatable bonds is 3. The Bertz CT molecular complexity index is 1040. The smallest absolute Gasteiger partial charge is 0.279 e. The van der Waals surface area contributed by atoms with Crippen LogP contribution < -0.4 is 14.4 Å². The van der Waals surface area contributed by atoms with Crippen molar-refractivity contribution in [2.45, 2.75) is 6.61 Å². The molecule has 2 aromatic carbocycles. The molecule has 0 saturated carbocycles. The molecular weight excluding hydrogens is 366 g/mol. The highest BCUT2D eigenvalue weighted by molar-refractivity contribution is 6.31. The third kappa shape index (κ3) is 2.82. The fraction of sp³-hybridized carbons (Fsp3) is 0.200. The number of aryl methyl sites for hydroxylation is 1. The minimum atomic E-state index is -0.254. The van der Waals surface area contributed by atoms with Crippen LogP contribution in [0, 0.1) is 0 Å². The van der Waals surface area contributed by atoms with Crippen molar-refractivity contribution in [3.05, 3.63) is 58.7 Å². The van der Waals surface area contributed by atoms with E-state index in [0.29, 0.717) is 28.8 Å². The minimum absolute atomic E-state index is 0.254. The Morgan fingerprint density at radius 1 is 1.30 bits per heavy atom. The lowest BCUT2D eigenvalue weighted by molar-refractivity contribution is 0.0984. The van der Waals surface area contributed by atoms with Gasteiger partial charge in [-0.05, 0) is 30.3 Å². The summed E-state index contributed by atoms with van der Waals surface area (Å²) in [6.45, 7) is 0.293. The van der Waals surface area contributed by atoms with Gasteiger partial charge in [-0.3, -0.25) is 9.48 Å². The number of carbonyl (C=O) groups excluding carboxylic acids is 1.